The van der Waals surface area contributed by atoms with Gasteiger partial charge in [0.1, 0.15) is 0 Å². The molecule has 0 spiro atoms. The van der Waals surface area contributed by atoms with Gasteiger partial charge in [0, 0.05) is 20.8 Å². The predicted octanol–water partition coefficient (Wildman–Crippen LogP) is -0.404. The summed E-state index contributed by atoms with van der Waals surface area (Å²) in [7, 11) is 2.46. The molecular weight excluding hydrogens is 118 g/mol. The number of hydrogen-bond donors (Lipinski definition) is 0. The lowest BCUT2D eigenvalue weighted by Gasteiger charge is -1.81. The molecule has 4 heteroatoms. The van der Waals surface area contributed by atoms with Crippen molar-refractivity contribution in [2.75, 3.05) is 0 Å². The third kappa shape index (κ3) is 2.03. The minimum absolute atomic E-state index is 0. The van der Waals surface area contributed by atoms with E-state index in [0.29, 0.717) is 0 Å². The van der Waals surface area contributed by atoms with E-state index in [1.807, 2.05) is 0 Å². The monoisotopic (exact) mass is 123 g/mol. The fraction of sp³-hybridized carbons (Fsp3) is 0. The molecule has 0 saturated carbocycles. The van der Waals surface area contributed by atoms with E-state index >= 15 is 0 Å². The molecule has 0 bridgehead atoms. The van der Waals surface area contributed by atoms with Gasteiger partial charge in [0.15, 0.2) is 0 Å². The first kappa shape index (κ1) is 7.57. The van der Waals surface area contributed by atoms with Crippen molar-refractivity contribution >= 4 is 23.1 Å². The van der Waals surface area contributed by atoms with E-state index in [9.17, 15) is 0 Å². The summed E-state index contributed by atoms with van der Waals surface area (Å²) in [4.78, 5) is 7.68. The average molecular weight is 123 g/mol. The Labute approximate surface area is 52.5 Å². The maximum absolute atomic E-state index is 3.88. The van der Waals surface area contributed by atoms with Gasteiger partial charge in [-0.1, -0.05) is 9.24 Å². The summed E-state index contributed by atoms with van der Waals surface area (Å²) >= 11 is 0. The standard InChI is InChI=1S/C4H5N2P.B/c7-4-3-5-1-2-6-4;/h1-3H,7H2;. The van der Waals surface area contributed by atoms with Crippen LogP contribution in [0.5, 0.6) is 0 Å². The highest BCUT2D eigenvalue weighted by Crippen LogP contribution is 1.76. The Kier molecular flexibility index (Phi) is 3.37. The third-order valence-corrected chi connectivity index (χ3v) is 0.881. The van der Waals surface area contributed by atoms with E-state index in [2.05, 4.69) is 19.2 Å². The molecular formula is C4H5BN2P. The molecule has 1 aromatic rings. The molecule has 8 heavy (non-hydrogen) atoms. The van der Waals surface area contributed by atoms with Crippen LogP contribution in [0.1, 0.15) is 0 Å². The summed E-state index contributed by atoms with van der Waals surface area (Å²) in [6, 6.07) is 0. The molecule has 1 unspecified atom stereocenters. The Balaban J connectivity index is 0.000000490. The predicted molar refractivity (Wildman–Crippen MR) is 37.1 cm³/mol. The van der Waals surface area contributed by atoms with Crippen molar-refractivity contribution in [3.63, 3.8) is 0 Å². The zero-order chi connectivity index (χ0) is 5.11. The zero-order valence-corrected chi connectivity index (χ0v) is 5.44. The normalized spacial score (nSPS) is 7.62. The quantitative estimate of drug-likeness (QED) is 0.346. The number of aromatic nitrogens is 2. The summed E-state index contributed by atoms with van der Waals surface area (Å²) in [5, 5.41) is 0. The summed E-state index contributed by atoms with van der Waals surface area (Å²) in [6.07, 6.45) is 4.99. The molecule has 0 N–H and O–H groups in total. The molecule has 1 atom stereocenters. The van der Waals surface area contributed by atoms with Gasteiger partial charge in [0.05, 0.1) is 11.6 Å². The van der Waals surface area contributed by atoms with Crippen LogP contribution < -0.4 is 5.44 Å². The maximum atomic E-state index is 3.88. The van der Waals surface area contributed by atoms with Gasteiger partial charge in [-0.15, -0.1) is 0 Å². The van der Waals surface area contributed by atoms with Crippen molar-refractivity contribution in [1.29, 1.82) is 0 Å². The Hall–Kier alpha value is -0.425. The molecule has 2 nitrogen and oxygen atoms in total. The van der Waals surface area contributed by atoms with Crippen molar-refractivity contribution in [2.24, 2.45) is 0 Å². The second-order valence-corrected chi connectivity index (χ2v) is 1.72. The molecule has 1 heterocycles. The van der Waals surface area contributed by atoms with E-state index in [0.717, 1.165) is 5.44 Å². The number of hydrogen-bond acceptors (Lipinski definition) is 2. The number of nitrogens with zero attached hydrogens (tertiary/aromatic N) is 2. The topological polar surface area (TPSA) is 25.8 Å². The molecule has 1 aromatic heterocycles. The largest absolute Gasteiger partial charge is 0.261 e. The fourth-order valence-electron chi connectivity index (χ4n) is 0.311. The van der Waals surface area contributed by atoms with Crippen molar-refractivity contribution in [1.82, 2.24) is 9.97 Å². The molecule has 0 aliphatic rings. The highest BCUT2D eigenvalue weighted by molar-refractivity contribution is 7.26. The zero-order valence-electron chi connectivity index (χ0n) is 4.28. The summed E-state index contributed by atoms with van der Waals surface area (Å²) in [5.41, 5.74) is 0.877. The van der Waals surface area contributed by atoms with E-state index in [1.165, 1.54) is 0 Å². The second-order valence-electron chi connectivity index (χ2n) is 1.13. The van der Waals surface area contributed by atoms with Gasteiger partial charge in [-0.3, -0.25) is 9.97 Å². The van der Waals surface area contributed by atoms with Crippen LogP contribution >= 0.6 is 9.24 Å². The van der Waals surface area contributed by atoms with Gasteiger partial charge in [-0.2, -0.15) is 0 Å². The van der Waals surface area contributed by atoms with Crippen molar-refractivity contribution in [3.8, 4) is 0 Å². The van der Waals surface area contributed by atoms with Crippen LogP contribution in [-0.4, -0.2) is 18.4 Å². The van der Waals surface area contributed by atoms with Crippen molar-refractivity contribution in [2.45, 2.75) is 0 Å². The highest BCUT2D eigenvalue weighted by atomic mass is 31.0. The SMILES string of the molecule is Pc1cnccn1.[B]. The van der Waals surface area contributed by atoms with E-state index < -0.39 is 0 Å². The van der Waals surface area contributed by atoms with Gasteiger partial charge in [0.2, 0.25) is 0 Å². The lowest BCUT2D eigenvalue weighted by molar-refractivity contribution is 1.25. The smallest absolute Gasteiger partial charge is 0.0751 e. The number of rotatable bonds is 0. The molecule has 39 valence electrons. The summed E-state index contributed by atoms with van der Waals surface area (Å²) in [6.45, 7) is 0. The van der Waals surface area contributed by atoms with E-state index in [4.69, 9.17) is 0 Å². The van der Waals surface area contributed by atoms with Gasteiger partial charge >= 0.3 is 0 Å². The lowest BCUT2D eigenvalue weighted by atomic mass is 10.8. The van der Waals surface area contributed by atoms with Crippen LogP contribution in [0, 0.1) is 0 Å². The van der Waals surface area contributed by atoms with Gasteiger partial charge < -0.3 is 0 Å². The Morgan fingerprint density at radius 3 is 2.38 bits per heavy atom. The molecule has 0 aliphatic carbocycles. The molecule has 0 saturated heterocycles. The first-order chi connectivity index (χ1) is 3.39. The molecule has 0 aromatic carbocycles. The van der Waals surface area contributed by atoms with Crippen molar-refractivity contribution in [3.05, 3.63) is 18.6 Å². The highest BCUT2D eigenvalue weighted by Gasteiger charge is 1.74. The lowest BCUT2D eigenvalue weighted by Crippen LogP contribution is -1.94. The van der Waals surface area contributed by atoms with Crippen LogP contribution in [0.3, 0.4) is 0 Å². The molecule has 1 rings (SSSR count). The average Bonchev–Trinajstić information content (AvgIpc) is 1.69. The van der Waals surface area contributed by atoms with E-state index in [-0.39, 0.29) is 8.41 Å². The minimum Gasteiger partial charge on any atom is -0.261 e. The van der Waals surface area contributed by atoms with Crippen LogP contribution in [0.25, 0.3) is 0 Å². The van der Waals surface area contributed by atoms with E-state index in [1.54, 1.807) is 18.6 Å². The van der Waals surface area contributed by atoms with Crippen LogP contribution in [0.15, 0.2) is 18.6 Å². The van der Waals surface area contributed by atoms with Gasteiger partial charge in [-0.25, -0.2) is 0 Å². The third-order valence-electron chi connectivity index (χ3n) is 0.583. The van der Waals surface area contributed by atoms with Crippen LogP contribution in [-0.2, 0) is 0 Å². The summed E-state index contributed by atoms with van der Waals surface area (Å²) in [5.74, 6) is 0. The maximum Gasteiger partial charge on any atom is 0.0751 e. The van der Waals surface area contributed by atoms with Crippen LogP contribution in [0.4, 0.5) is 0 Å². The Bertz CT molecular complexity index is 144. The molecule has 0 fully saturated rings. The fourth-order valence-corrected chi connectivity index (χ4v) is 0.483. The first-order valence-corrected chi connectivity index (χ1v) is 2.49. The summed E-state index contributed by atoms with van der Waals surface area (Å²) < 4.78 is 0. The minimum atomic E-state index is 0. The first-order valence-electron chi connectivity index (χ1n) is 1.91. The Morgan fingerprint density at radius 1 is 1.38 bits per heavy atom. The second kappa shape index (κ2) is 3.56. The molecule has 0 aliphatic heterocycles. The van der Waals surface area contributed by atoms with Gasteiger partial charge in [0.25, 0.3) is 0 Å². The molecule has 0 amide bonds. The van der Waals surface area contributed by atoms with Crippen LogP contribution in [0.2, 0.25) is 0 Å². The van der Waals surface area contributed by atoms with Gasteiger partial charge in [-0.05, 0) is 0 Å². The Morgan fingerprint density at radius 2 is 2.12 bits per heavy atom. The van der Waals surface area contributed by atoms with Crippen molar-refractivity contribution < 1.29 is 0 Å². The molecule has 3 radical (unpaired) electrons.